The number of nitrogens with zero attached hydrogens (tertiary/aromatic N) is 3. The fraction of sp³-hybridized carbons (Fsp3) is 0.429. The summed E-state index contributed by atoms with van der Waals surface area (Å²) in [6.45, 7) is 9.97. The Balaban J connectivity index is 1.24. The third-order valence-corrected chi connectivity index (χ3v) is 6.32. The van der Waals surface area contributed by atoms with Crippen LogP contribution in [0.4, 0.5) is 10.5 Å². The van der Waals surface area contributed by atoms with Gasteiger partial charge in [0.05, 0.1) is 13.1 Å². The van der Waals surface area contributed by atoms with E-state index in [1.165, 1.54) is 0 Å². The fourth-order valence-corrected chi connectivity index (χ4v) is 4.46. The number of hydrogen-bond donors (Lipinski definition) is 2. The topological polar surface area (TPSA) is 115 Å². The second-order valence-corrected chi connectivity index (χ2v) is 10.5. The Labute approximate surface area is 223 Å². The van der Waals surface area contributed by atoms with Gasteiger partial charge in [0.15, 0.2) is 0 Å². The van der Waals surface area contributed by atoms with E-state index < -0.39 is 11.7 Å². The van der Waals surface area contributed by atoms with Gasteiger partial charge in [0.25, 0.3) is 5.91 Å². The molecule has 1 atom stereocenters. The van der Waals surface area contributed by atoms with Gasteiger partial charge in [-0.25, -0.2) is 4.79 Å². The summed E-state index contributed by atoms with van der Waals surface area (Å²) >= 11 is 0. The molecule has 2 aliphatic heterocycles. The minimum atomic E-state index is -0.489. The Bertz CT molecular complexity index is 1150. The number of carbonyl (C=O) groups excluding carboxylic acids is 3. The van der Waals surface area contributed by atoms with E-state index in [1.807, 2.05) is 26.8 Å². The Hall–Kier alpha value is -3.76. The lowest BCUT2D eigenvalue weighted by Crippen LogP contribution is -2.50. The van der Waals surface area contributed by atoms with Gasteiger partial charge in [0, 0.05) is 49.5 Å². The van der Waals surface area contributed by atoms with Crippen molar-refractivity contribution in [1.29, 1.82) is 5.41 Å². The van der Waals surface area contributed by atoms with Gasteiger partial charge < -0.3 is 14.8 Å². The molecule has 2 amide bonds. The van der Waals surface area contributed by atoms with Crippen molar-refractivity contribution in [2.24, 2.45) is 0 Å². The number of amidine groups is 1. The highest BCUT2D eigenvalue weighted by Gasteiger charge is 2.34. The van der Waals surface area contributed by atoms with E-state index in [-0.39, 0.29) is 30.4 Å². The van der Waals surface area contributed by atoms with Crippen molar-refractivity contribution >= 4 is 29.5 Å². The van der Waals surface area contributed by atoms with Gasteiger partial charge in [-0.1, -0.05) is 18.2 Å². The Morgan fingerprint density at radius 3 is 2.24 bits per heavy atom. The number of piperazine rings is 1. The predicted octanol–water partition coefficient (Wildman–Crippen LogP) is 2.73. The van der Waals surface area contributed by atoms with E-state index in [0.29, 0.717) is 29.9 Å². The maximum Gasteiger partial charge on any atom is 0.414 e. The number of nitrogens with one attached hydrogen (secondary N) is 2. The zero-order valence-corrected chi connectivity index (χ0v) is 22.1. The summed E-state index contributed by atoms with van der Waals surface area (Å²) < 4.78 is 11.0. The smallest absolute Gasteiger partial charge is 0.414 e. The molecule has 0 aromatic heterocycles. The van der Waals surface area contributed by atoms with Crippen molar-refractivity contribution in [2.75, 3.05) is 50.7 Å². The summed E-state index contributed by atoms with van der Waals surface area (Å²) in [6.07, 6.45) is -0.665. The first-order chi connectivity index (χ1) is 18.1. The third-order valence-electron chi connectivity index (χ3n) is 6.32. The minimum absolute atomic E-state index is 0.0157. The van der Waals surface area contributed by atoms with Crippen molar-refractivity contribution in [3.8, 4) is 0 Å². The van der Waals surface area contributed by atoms with Gasteiger partial charge in [0.1, 0.15) is 17.5 Å². The highest BCUT2D eigenvalue weighted by molar-refractivity contribution is 6.11. The van der Waals surface area contributed by atoms with Crippen LogP contribution < -0.4 is 10.2 Å². The largest absolute Gasteiger partial charge is 0.459 e. The normalized spacial score (nSPS) is 18.7. The summed E-state index contributed by atoms with van der Waals surface area (Å²) in [6, 6.07) is 15.6. The van der Waals surface area contributed by atoms with E-state index in [2.05, 4.69) is 15.1 Å². The fourth-order valence-electron chi connectivity index (χ4n) is 4.46. The van der Waals surface area contributed by atoms with Crippen molar-refractivity contribution in [3.05, 3.63) is 65.7 Å². The van der Waals surface area contributed by atoms with Gasteiger partial charge in [-0.2, -0.15) is 0 Å². The molecule has 2 aromatic rings. The monoisotopic (exact) mass is 521 g/mol. The maximum absolute atomic E-state index is 12.6. The van der Waals surface area contributed by atoms with E-state index in [0.717, 1.165) is 26.2 Å². The number of rotatable bonds is 7. The van der Waals surface area contributed by atoms with Gasteiger partial charge in [-0.15, -0.1) is 0 Å². The van der Waals surface area contributed by atoms with Crippen LogP contribution in [0.25, 0.3) is 0 Å². The van der Waals surface area contributed by atoms with Crippen LogP contribution in [-0.2, 0) is 14.3 Å². The summed E-state index contributed by atoms with van der Waals surface area (Å²) in [4.78, 5) is 42.9. The summed E-state index contributed by atoms with van der Waals surface area (Å²) in [7, 11) is 0. The lowest BCUT2D eigenvalue weighted by Gasteiger charge is -2.35. The van der Waals surface area contributed by atoms with Gasteiger partial charge in [-0.05, 0) is 57.2 Å². The highest BCUT2D eigenvalue weighted by atomic mass is 16.6. The zero-order valence-electron chi connectivity index (χ0n) is 22.1. The minimum Gasteiger partial charge on any atom is -0.459 e. The molecule has 2 aliphatic rings. The summed E-state index contributed by atoms with van der Waals surface area (Å²) in [5, 5.41) is 10.8. The molecule has 4 rings (SSSR count). The third kappa shape index (κ3) is 7.39. The molecule has 2 heterocycles. The molecule has 1 unspecified atom stereocenters. The summed E-state index contributed by atoms with van der Waals surface area (Å²) in [5.41, 5.74) is 1.19. The highest BCUT2D eigenvalue weighted by Crippen LogP contribution is 2.23. The first-order valence-electron chi connectivity index (χ1n) is 12.8. The van der Waals surface area contributed by atoms with E-state index in [1.54, 1.807) is 53.4 Å². The van der Waals surface area contributed by atoms with E-state index >= 15 is 0 Å². The molecule has 10 nitrogen and oxygen atoms in total. The number of anilines is 1. The molecule has 2 saturated heterocycles. The Kier molecular flexibility index (Phi) is 8.43. The first kappa shape index (κ1) is 27.3. The molecule has 0 spiro atoms. The molecule has 2 N–H and O–H groups in total. The number of cyclic esters (lactones) is 1. The molecule has 10 heteroatoms. The molecular formula is C28H35N5O5. The summed E-state index contributed by atoms with van der Waals surface area (Å²) in [5.74, 6) is -0.583. The second-order valence-electron chi connectivity index (χ2n) is 10.5. The second kappa shape index (κ2) is 11.7. The number of amides is 2. The van der Waals surface area contributed by atoms with Crippen molar-refractivity contribution < 1.29 is 23.9 Å². The number of ether oxygens (including phenoxy) is 2. The van der Waals surface area contributed by atoms with Crippen molar-refractivity contribution in [1.82, 2.24) is 15.1 Å². The Morgan fingerprint density at radius 2 is 1.61 bits per heavy atom. The number of esters is 1. The van der Waals surface area contributed by atoms with Crippen LogP contribution in [0, 0.1) is 5.41 Å². The van der Waals surface area contributed by atoms with Crippen molar-refractivity contribution in [2.45, 2.75) is 32.5 Å². The zero-order chi connectivity index (χ0) is 27.3. The SMILES string of the molecule is CC(C)(C)OC(=O)CN1CCN(CC2CN(c3ccc(C(=N)NC(=O)c4ccccc4)cc3)C(=O)O2)CC1. The molecule has 0 radical (unpaired) electrons. The van der Waals surface area contributed by atoms with Gasteiger partial charge in [-0.3, -0.25) is 29.7 Å². The van der Waals surface area contributed by atoms with Crippen LogP contribution in [0.3, 0.4) is 0 Å². The van der Waals surface area contributed by atoms with Gasteiger partial charge >= 0.3 is 12.1 Å². The Morgan fingerprint density at radius 1 is 0.974 bits per heavy atom. The first-order valence-corrected chi connectivity index (χ1v) is 12.8. The lowest BCUT2D eigenvalue weighted by molar-refractivity contribution is -0.156. The van der Waals surface area contributed by atoms with Crippen LogP contribution in [0.1, 0.15) is 36.7 Å². The van der Waals surface area contributed by atoms with Crippen molar-refractivity contribution in [3.63, 3.8) is 0 Å². The predicted molar refractivity (Wildman–Crippen MR) is 144 cm³/mol. The average molecular weight is 522 g/mol. The molecule has 2 fully saturated rings. The number of carbonyl (C=O) groups is 3. The standard InChI is InChI=1S/C28H35N5O5/c1-28(2,3)38-24(34)19-32-15-13-31(14-16-32)17-23-18-33(27(36)37-23)22-11-9-20(10-12-22)25(29)30-26(35)21-7-5-4-6-8-21/h4-12,23H,13-19H2,1-3H3,(H2,29,30,35). The molecule has 0 saturated carbocycles. The number of hydrogen-bond acceptors (Lipinski definition) is 8. The van der Waals surface area contributed by atoms with Gasteiger partial charge in [0.2, 0.25) is 0 Å². The number of benzene rings is 2. The quantitative estimate of drug-likeness (QED) is 0.327. The van der Waals surface area contributed by atoms with Crippen LogP contribution in [0.15, 0.2) is 54.6 Å². The van der Waals surface area contributed by atoms with Crippen LogP contribution in [-0.4, -0.2) is 91.1 Å². The molecule has 202 valence electrons. The maximum atomic E-state index is 12.6. The lowest BCUT2D eigenvalue weighted by atomic mass is 10.1. The van der Waals surface area contributed by atoms with Crippen LogP contribution in [0.5, 0.6) is 0 Å². The molecule has 0 aliphatic carbocycles. The molecule has 2 aromatic carbocycles. The van der Waals surface area contributed by atoms with E-state index in [4.69, 9.17) is 14.9 Å². The van der Waals surface area contributed by atoms with E-state index in [9.17, 15) is 14.4 Å². The molecule has 38 heavy (non-hydrogen) atoms. The van der Waals surface area contributed by atoms with Crippen LogP contribution >= 0.6 is 0 Å². The average Bonchev–Trinajstić information content (AvgIpc) is 3.24. The molecule has 0 bridgehead atoms. The molecular weight excluding hydrogens is 486 g/mol. The van der Waals surface area contributed by atoms with Crippen LogP contribution in [0.2, 0.25) is 0 Å².